The third-order valence-electron chi connectivity index (χ3n) is 2.82. The summed E-state index contributed by atoms with van der Waals surface area (Å²) >= 11 is 7.55. The van der Waals surface area contributed by atoms with E-state index >= 15 is 0 Å². The normalized spacial score (nSPS) is 12.0. The Balaban J connectivity index is 2.32. The lowest BCUT2D eigenvalue weighted by Crippen LogP contribution is -2.43. The quantitative estimate of drug-likeness (QED) is 0.799. The molecule has 2 N–H and O–H groups in total. The van der Waals surface area contributed by atoms with Gasteiger partial charge in [-0.3, -0.25) is 4.79 Å². The molecule has 0 aliphatic heterocycles. The van der Waals surface area contributed by atoms with E-state index in [2.05, 4.69) is 0 Å². The van der Waals surface area contributed by atoms with Crippen LogP contribution in [0.25, 0.3) is 0 Å². The number of hydrogen-bond acceptors (Lipinski definition) is 4. The molecule has 0 aliphatic carbocycles. The molecule has 0 fully saturated rings. The van der Waals surface area contributed by atoms with Crippen molar-refractivity contribution in [3.05, 3.63) is 29.3 Å². The molecule has 0 unspecified atom stereocenters. The number of nitrogens with zero attached hydrogens (tertiary/aromatic N) is 1. The molecule has 0 saturated heterocycles. The molecule has 1 rings (SSSR count). The van der Waals surface area contributed by atoms with E-state index in [1.807, 2.05) is 18.4 Å². The molecule has 1 aromatic carbocycles. The lowest BCUT2D eigenvalue weighted by atomic mass is 10.2. The highest BCUT2D eigenvalue weighted by molar-refractivity contribution is 7.98. The molecule has 4 nitrogen and oxygen atoms in total. The number of benzene rings is 1. The first-order valence-electron chi connectivity index (χ1n) is 6.42. The molecule has 0 bridgehead atoms. The molecule has 0 spiro atoms. The number of halogens is 1. The number of hydrogen-bond donors (Lipinski definition) is 1. The molecule has 1 aromatic rings. The first-order valence-corrected chi connectivity index (χ1v) is 8.19. The summed E-state index contributed by atoms with van der Waals surface area (Å²) in [5, 5.41) is 0.631. The van der Waals surface area contributed by atoms with Gasteiger partial charge in [-0.05, 0) is 36.6 Å². The number of carbonyl (C=O) groups excluding carboxylic acids is 1. The Hall–Kier alpha value is -0.910. The van der Waals surface area contributed by atoms with Crippen LogP contribution in [0.15, 0.2) is 24.3 Å². The highest BCUT2D eigenvalue weighted by Gasteiger charge is 2.17. The lowest BCUT2D eigenvalue weighted by molar-refractivity contribution is -0.131. The number of nitrogens with two attached hydrogens (primary N) is 1. The van der Waals surface area contributed by atoms with Crippen LogP contribution in [0.1, 0.15) is 6.42 Å². The monoisotopic (exact) mass is 316 g/mol. The minimum atomic E-state index is -0.432. The summed E-state index contributed by atoms with van der Waals surface area (Å²) in [5.74, 6) is 1.54. The van der Waals surface area contributed by atoms with Crippen LogP contribution in [0.5, 0.6) is 5.75 Å². The summed E-state index contributed by atoms with van der Waals surface area (Å²) < 4.78 is 5.55. The molecule has 1 atom stereocenters. The van der Waals surface area contributed by atoms with Crippen molar-refractivity contribution in [1.29, 1.82) is 0 Å². The number of rotatable bonds is 8. The van der Waals surface area contributed by atoms with Crippen molar-refractivity contribution in [2.75, 3.05) is 32.2 Å². The topological polar surface area (TPSA) is 55.6 Å². The molecule has 0 radical (unpaired) electrons. The van der Waals surface area contributed by atoms with Crippen molar-refractivity contribution < 1.29 is 9.53 Å². The molecule has 0 aromatic heterocycles. The Morgan fingerprint density at radius 2 is 2.30 bits per heavy atom. The van der Waals surface area contributed by atoms with Gasteiger partial charge >= 0.3 is 0 Å². The zero-order valence-corrected chi connectivity index (χ0v) is 13.4. The average molecular weight is 317 g/mol. The fourth-order valence-corrected chi connectivity index (χ4v) is 2.29. The Morgan fingerprint density at radius 3 is 2.95 bits per heavy atom. The van der Waals surface area contributed by atoms with Crippen LogP contribution in [-0.2, 0) is 4.79 Å². The summed E-state index contributed by atoms with van der Waals surface area (Å²) in [6.07, 6.45) is 2.69. The van der Waals surface area contributed by atoms with E-state index < -0.39 is 6.04 Å². The van der Waals surface area contributed by atoms with Crippen LogP contribution < -0.4 is 10.5 Å². The van der Waals surface area contributed by atoms with E-state index in [4.69, 9.17) is 22.1 Å². The molecule has 6 heteroatoms. The smallest absolute Gasteiger partial charge is 0.239 e. The predicted molar refractivity (Wildman–Crippen MR) is 85.6 cm³/mol. The Bertz CT molecular complexity index is 431. The Kier molecular flexibility index (Phi) is 7.80. The molecular formula is C14H21ClN2O2S. The van der Waals surface area contributed by atoms with Gasteiger partial charge in [0.05, 0.1) is 12.6 Å². The van der Waals surface area contributed by atoms with Gasteiger partial charge < -0.3 is 15.4 Å². The van der Waals surface area contributed by atoms with Crippen LogP contribution in [-0.4, -0.2) is 49.1 Å². The van der Waals surface area contributed by atoms with Gasteiger partial charge in [0.1, 0.15) is 12.4 Å². The number of carbonyl (C=O) groups is 1. The van der Waals surface area contributed by atoms with Crippen LogP contribution in [0.3, 0.4) is 0 Å². The lowest BCUT2D eigenvalue weighted by Gasteiger charge is -2.21. The largest absolute Gasteiger partial charge is 0.492 e. The third kappa shape index (κ3) is 6.03. The fourth-order valence-electron chi connectivity index (χ4n) is 1.62. The second-order valence-electron chi connectivity index (χ2n) is 4.45. The maximum absolute atomic E-state index is 12.0. The van der Waals surface area contributed by atoms with E-state index in [1.54, 1.807) is 35.8 Å². The van der Waals surface area contributed by atoms with E-state index in [0.29, 0.717) is 30.3 Å². The van der Waals surface area contributed by atoms with Crippen LogP contribution in [0.2, 0.25) is 5.02 Å². The van der Waals surface area contributed by atoms with Crippen molar-refractivity contribution in [2.45, 2.75) is 12.5 Å². The summed E-state index contributed by atoms with van der Waals surface area (Å²) in [6.45, 7) is 0.913. The predicted octanol–water partition coefficient (Wildman–Crippen LogP) is 2.26. The molecule has 0 heterocycles. The average Bonchev–Trinajstić information content (AvgIpc) is 2.43. The first-order chi connectivity index (χ1) is 9.54. The molecule has 0 aliphatic rings. The van der Waals surface area contributed by atoms with Crippen molar-refractivity contribution in [3.63, 3.8) is 0 Å². The van der Waals surface area contributed by atoms with Gasteiger partial charge in [0.15, 0.2) is 0 Å². The van der Waals surface area contributed by atoms with Crippen LogP contribution in [0, 0.1) is 0 Å². The van der Waals surface area contributed by atoms with Gasteiger partial charge in [-0.15, -0.1) is 0 Å². The maximum Gasteiger partial charge on any atom is 0.239 e. The van der Waals surface area contributed by atoms with Gasteiger partial charge in [0, 0.05) is 12.1 Å². The number of likely N-dealkylation sites (N-methyl/N-ethyl adjacent to an activating group) is 1. The summed E-state index contributed by atoms with van der Waals surface area (Å²) in [4.78, 5) is 13.6. The third-order valence-corrected chi connectivity index (χ3v) is 3.70. The van der Waals surface area contributed by atoms with Gasteiger partial charge in [-0.2, -0.15) is 11.8 Å². The van der Waals surface area contributed by atoms with E-state index in [-0.39, 0.29) is 5.91 Å². The minimum Gasteiger partial charge on any atom is -0.492 e. The van der Waals surface area contributed by atoms with Gasteiger partial charge in [-0.1, -0.05) is 17.7 Å². The molecule has 112 valence electrons. The van der Waals surface area contributed by atoms with E-state index in [0.717, 1.165) is 5.75 Å². The van der Waals surface area contributed by atoms with Crippen molar-refractivity contribution in [2.24, 2.45) is 5.73 Å². The zero-order chi connectivity index (χ0) is 15.0. The second-order valence-corrected chi connectivity index (χ2v) is 5.88. The van der Waals surface area contributed by atoms with Gasteiger partial charge in [-0.25, -0.2) is 0 Å². The number of amides is 1. The molecule has 1 amide bonds. The van der Waals surface area contributed by atoms with E-state index in [1.165, 1.54) is 0 Å². The maximum atomic E-state index is 12.0. The number of ether oxygens (including phenoxy) is 1. The zero-order valence-electron chi connectivity index (χ0n) is 11.8. The first kappa shape index (κ1) is 17.1. The van der Waals surface area contributed by atoms with E-state index in [9.17, 15) is 4.79 Å². The van der Waals surface area contributed by atoms with Crippen LogP contribution in [0.4, 0.5) is 0 Å². The molecule has 0 saturated carbocycles. The summed E-state index contributed by atoms with van der Waals surface area (Å²) in [6, 6.07) is 6.75. The van der Waals surface area contributed by atoms with Gasteiger partial charge in [0.2, 0.25) is 5.91 Å². The van der Waals surface area contributed by atoms with Crippen molar-refractivity contribution in [1.82, 2.24) is 4.90 Å². The second kappa shape index (κ2) is 9.10. The minimum absolute atomic E-state index is 0.0475. The van der Waals surface area contributed by atoms with Crippen LogP contribution >= 0.6 is 23.4 Å². The summed E-state index contributed by atoms with van der Waals surface area (Å²) in [5.41, 5.74) is 5.84. The SMILES string of the molecule is CSCC[C@@H](N)C(=O)N(C)CCOc1cccc(Cl)c1. The van der Waals surface area contributed by atoms with Crippen molar-refractivity contribution >= 4 is 29.3 Å². The highest BCUT2D eigenvalue weighted by atomic mass is 35.5. The highest BCUT2D eigenvalue weighted by Crippen LogP contribution is 2.16. The molecular weight excluding hydrogens is 296 g/mol. The standard InChI is InChI=1S/C14H21ClN2O2S/c1-17(14(18)13(16)6-9-20-2)7-8-19-12-5-3-4-11(15)10-12/h3-5,10,13H,6-9,16H2,1-2H3/t13-/m1/s1. The van der Waals surface area contributed by atoms with Crippen molar-refractivity contribution in [3.8, 4) is 5.75 Å². The Morgan fingerprint density at radius 1 is 1.55 bits per heavy atom. The Labute approximate surface area is 129 Å². The molecule has 20 heavy (non-hydrogen) atoms. The fraction of sp³-hybridized carbons (Fsp3) is 0.500. The number of thioether (sulfide) groups is 1. The van der Waals surface area contributed by atoms with Gasteiger partial charge in [0.25, 0.3) is 0 Å². The summed E-state index contributed by atoms with van der Waals surface area (Å²) in [7, 11) is 1.74.